The van der Waals surface area contributed by atoms with Crippen LogP contribution in [0.25, 0.3) is 0 Å². The van der Waals surface area contributed by atoms with Gasteiger partial charge in [-0.2, -0.15) is 0 Å². The molecule has 0 aromatic heterocycles. The first kappa shape index (κ1) is 9.00. The molecule has 1 aliphatic rings. The predicted molar refractivity (Wildman–Crippen MR) is 54.4 cm³/mol. The first-order valence-electron chi connectivity index (χ1n) is 4.71. The molecule has 0 fully saturated rings. The molecular weight excluding hydrogens is 176 g/mol. The van der Waals surface area contributed by atoms with Gasteiger partial charge in [0.05, 0.1) is 5.76 Å². The molecule has 2 heteroatoms. The molecule has 0 unspecified atom stereocenters. The summed E-state index contributed by atoms with van der Waals surface area (Å²) in [5.41, 5.74) is 2.38. The Kier molecular flexibility index (Phi) is 2.12. The molecule has 14 heavy (non-hydrogen) atoms. The third-order valence-corrected chi connectivity index (χ3v) is 2.62. The molecule has 0 bridgehead atoms. The van der Waals surface area contributed by atoms with Crippen LogP contribution >= 0.6 is 0 Å². The van der Waals surface area contributed by atoms with Crippen LogP contribution in [0.2, 0.25) is 0 Å². The molecule has 0 radical (unpaired) electrons. The second-order valence-corrected chi connectivity index (χ2v) is 3.55. The van der Waals surface area contributed by atoms with E-state index in [-0.39, 0.29) is 11.5 Å². The number of aliphatic hydroxyl groups excluding tert-OH is 1. The lowest BCUT2D eigenvalue weighted by Crippen LogP contribution is -2.15. The third kappa shape index (κ3) is 1.33. The van der Waals surface area contributed by atoms with E-state index in [2.05, 4.69) is 0 Å². The summed E-state index contributed by atoms with van der Waals surface area (Å²) in [5.74, 6) is 0.136. The molecule has 0 atom stereocenters. The van der Waals surface area contributed by atoms with Crippen LogP contribution in [0.4, 0.5) is 0 Å². The average molecular weight is 188 g/mol. The van der Waals surface area contributed by atoms with Gasteiger partial charge in [0.25, 0.3) is 0 Å². The van der Waals surface area contributed by atoms with Gasteiger partial charge in [0.1, 0.15) is 0 Å². The second-order valence-electron chi connectivity index (χ2n) is 3.55. The number of rotatable bonds is 0. The highest BCUT2D eigenvalue weighted by molar-refractivity contribution is 6.10. The van der Waals surface area contributed by atoms with Crippen LogP contribution < -0.4 is 0 Å². The van der Waals surface area contributed by atoms with Crippen LogP contribution in [0.3, 0.4) is 0 Å². The standard InChI is InChI=1S/C12H12O2/c1-8(13)10-7-6-9-4-2-3-5-11(9)12(10)14/h2-5,13H,6-7H2,1H3/b10-8-. The van der Waals surface area contributed by atoms with E-state index in [1.54, 1.807) is 6.92 Å². The second kappa shape index (κ2) is 3.29. The van der Waals surface area contributed by atoms with Gasteiger partial charge >= 0.3 is 0 Å². The molecule has 1 N–H and O–H groups in total. The summed E-state index contributed by atoms with van der Waals surface area (Å²) in [6.45, 7) is 1.57. The van der Waals surface area contributed by atoms with Crippen LogP contribution in [0.1, 0.15) is 29.3 Å². The summed E-state index contributed by atoms with van der Waals surface area (Å²) >= 11 is 0. The topological polar surface area (TPSA) is 37.3 Å². The summed E-state index contributed by atoms with van der Waals surface area (Å²) in [4.78, 5) is 11.8. The minimum Gasteiger partial charge on any atom is -0.512 e. The number of Topliss-reactive ketones (excluding diaryl/α,β-unsaturated/α-hetero) is 1. The van der Waals surface area contributed by atoms with Crippen LogP contribution in [0, 0.1) is 0 Å². The lowest BCUT2D eigenvalue weighted by molar-refractivity contribution is 0.102. The van der Waals surface area contributed by atoms with Crippen molar-refractivity contribution in [2.24, 2.45) is 0 Å². The van der Waals surface area contributed by atoms with Crippen molar-refractivity contribution in [1.29, 1.82) is 0 Å². The normalized spacial score (nSPS) is 19.1. The maximum atomic E-state index is 11.8. The zero-order chi connectivity index (χ0) is 10.1. The zero-order valence-electron chi connectivity index (χ0n) is 8.08. The maximum Gasteiger partial charge on any atom is 0.192 e. The smallest absolute Gasteiger partial charge is 0.192 e. The monoisotopic (exact) mass is 188 g/mol. The summed E-state index contributed by atoms with van der Waals surface area (Å²) in [6.07, 6.45) is 1.49. The molecule has 0 saturated carbocycles. The SMILES string of the molecule is C/C(O)=C1\CCc2ccccc2C1=O. The van der Waals surface area contributed by atoms with Gasteiger partial charge < -0.3 is 5.11 Å². The molecule has 0 aliphatic heterocycles. The summed E-state index contributed by atoms with van der Waals surface area (Å²) in [7, 11) is 0. The average Bonchev–Trinajstić information content (AvgIpc) is 2.18. The van der Waals surface area contributed by atoms with Gasteiger partial charge in [-0.05, 0) is 25.3 Å². The van der Waals surface area contributed by atoms with Gasteiger partial charge in [-0.1, -0.05) is 24.3 Å². The Morgan fingerprint density at radius 3 is 2.71 bits per heavy atom. The highest BCUT2D eigenvalue weighted by Gasteiger charge is 2.22. The maximum absolute atomic E-state index is 11.8. The lowest BCUT2D eigenvalue weighted by atomic mass is 9.86. The summed E-state index contributed by atoms with van der Waals surface area (Å²) in [6, 6.07) is 7.58. The number of hydrogen-bond donors (Lipinski definition) is 1. The van der Waals surface area contributed by atoms with E-state index in [0.29, 0.717) is 12.0 Å². The molecule has 1 aromatic rings. The van der Waals surface area contributed by atoms with Crippen LogP contribution in [0.5, 0.6) is 0 Å². The fourth-order valence-corrected chi connectivity index (χ4v) is 1.84. The molecule has 1 aliphatic carbocycles. The van der Waals surface area contributed by atoms with E-state index in [1.165, 1.54) is 0 Å². The highest BCUT2D eigenvalue weighted by Crippen LogP contribution is 2.26. The van der Waals surface area contributed by atoms with E-state index < -0.39 is 0 Å². The molecule has 0 amide bonds. The minimum atomic E-state index is -0.0214. The number of benzene rings is 1. The van der Waals surface area contributed by atoms with Crippen molar-refractivity contribution >= 4 is 5.78 Å². The minimum absolute atomic E-state index is 0.0214. The molecule has 0 saturated heterocycles. The number of carbonyl (C=O) groups is 1. The Bertz CT molecular complexity index is 412. The first-order valence-corrected chi connectivity index (χ1v) is 4.71. The van der Waals surface area contributed by atoms with Gasteiger partial charge in [0.2, 0.25) is 0 Å². The predicted octanol–water partition coefficient (Wildman–Crippen LogP) is 2.65. The quantitative estimate of drug-likeness (QED) is 0.502. The Hall–Kier alpha value is -1.57. The third-order valence-electron chi connectivity index (χ3n) is 2.62. The van der Waals surface area contributed by atoms with Gasteiger partial charge in [0, 0.05) is 11.1 Å². The first-order chi connectivity index (χ1) is 6.70. The largest absolute Gasteiger partial charge is 0.512 e. The summed E-state index contributed by atoms with van der Waals surface area (Å²) < 4.78 is 0. The van der Waals surface area contributed by atoms with Gasteiger partial charge in [0.15, 0.2) is 5.78 Å². The van der Waals surface area contributed by atoms with E-state index >= 15 is 0 Å². The Morgan fingerprint density at radius 2 is 2.00 bits per heavy atom. The molecule has 72 valence electrons. The zero-order valence-corrected chi connectivity index (χ0v) is 8.08. The molecule has 2 nitrogen and oxygen atoms in total. The van der Waals surface area contributed by atoms with E-state index in [1.807, 2.05) is 24.3 Å². The number of allylic oxidation sites excluding steroid dienone is 2. The number of aryl methyl sites for hydroxylation is 1. The van der Waals surface area contributed by atoms with Crippen molar-refractivity contribution in [3.05, 3.63) is 46.7 Å². The number of carbonyl (C=O) groups excluding carboxylic acids is 1. The van der Waals surface area contributed by atoms with E-state index in [4.69, 9.17) is 0 Å². The van der Waals surface area contributed by atoms with E-state index in [9.17, 15) is 9.90 Å². The molecule has 0 heterocycles. The molecule has 1 aromatic carbocycles. The number of hydrogen-bond acceptors (Lipinski definition) is 2. The molecular formula is C12H12O2. The van der Waals surface area contributed by atoms with Crippen molar-refractivity contribution in [2.75, 3.05) is 0 Å². The van der Waals surface area contributed by atoms with Gasteiger partial charge in [-0.15, -0.1) is 0 Å². The van der Waals surface area contributed by atoms with Crippen LogP contribution in [0.15, 0.2) is 35.6 Å². The van der Waals surface area contributed by atoms with Crippen molar-refractivity contribution < 1.29 is 9.90 Å². The number of aliphatic hydroxyl groups is 1. The highest BCUT2D eigenvalue weighted by atomic mass is 16.3. The number of fused-ring (bicyclic) bond motifs is 1. The van der Waals surface area contributed by atoms with Gasteiger partial charge in [-0.3, -0.25) is 4.79 Å². The Labute approximate surface area is 82.9 Å². The Morgan fingerprint density at radius 1 is 1.29 bits per heavy atom. The van der Waals surface area contributed by atoms with Crippen LogP contribution in [-0.4, -0.2) is 10.9 Å². The van der Waals surface area contributed by atoms with Gasteiger partial charge in [-0.25, -0.2) is 0 Å². The Balaban J connectivity index is 2.52. The molecule has 2 rings (SSSR count). The van der Waals surface area contributed by atoms with Crippen molar-refractivity contribution in [1.82, 2.24) is 0 Å². The summed E-state index contributed by atoms with van der Waals surface area (Å²) in [5, 5.41) is 9.33. The van der Waals surface area contributed by atoms with E-state index in [0.717, 1.165) is 17.5 Å². The van der Waals surface area contributed by atoms with Crippen LogP contribution in [-0.2, 0) is 6.42 Å². The van der Waals surface area contributed by atoms with Crippen molar-refractivity contribution in [2.45, 2.75) is 19.8 Å². The fourth-order valence-electron chi connectivity index (χ4n) is 1.84. The molecule has 0 spiro atoms. The van der Waals surface area contributed by atoms with Crippen molar-refractivity contribution in [3.63, 3.8) is 0 Å². The lowest BCUT2D eigenvalue weighted by Gasteiger charge is -2.17. The number of ketones is 1. The fraction of sp³-hybridized carbons (Fsp3) is 0.250. The van der Waals surface area contributed by atoms with Crippen molar-refractivity contribution in [3.8, 4) is 0 Å².